The third-order valence-corrected chi connectivity index (χ3v) is 5.79. The minimum Gasteiger partial charge on any atom is -0.338 e. The number of carbonyl (C=O) groups is 1. The van der Waals surface area contributed by atoms with Gasteiger partial charge in [0.1, 0.15) is 5.56 Å². The van der Waals surface area contributed by atoms with Gasteiger partial charge in [-0.15, -0.1) is 0 Å². The van der Waals surface area contributed by atoms with Crippen LogP contribution in [0.1, 0.15) is 39.8 Å². The molecule has 29 heavy (non-hydrogen) atoms. The van der Waals surface area contributed by atoms with Crippen LogP contribution in [0.5, 0.6) is 0 Å². The topological polar surface area (TPSA) is 71.0 Å². The van der Waals surface area contributed by atoms with E-state index in [1.807, 2.05) is 62.1 Å². The van der Waals surface area contributed by atoms with Gasteiger partial charge in [-0.05, 0) is 38.8 Å². The summed E-state index contributed by atoms with van der Waals surface area (Å²) in [6.07, 6.45) is 1.42. The number of H-pyrrole nitrogens is 1. The van der Waals surface area contributed by atoms with Crippen LogP contribution in [0.3, 0.4) is 0 Å². The highest BCUT2D eigenvalue weighted by Crippen LogP contribution is 2.27. The van der Waals surface area contributed by atoms with E-state index in [9.17, 15) is 9.59 Å². The van der Waals surface area contributed by atoms with Crippen molar-refractivity contribution in [2.45, 2.75) is 40.2 Å². The lowest BCUT2D eigenvalue weighted by Crippen LogP contribution is -2.39. The van der Waals surface area contributed by atoms with Gasteiger partial charge in [0.2, 0.25) is 0 Å². The number of nitrogens with zero attached hydrogens (tertiary/aromatic N) is 3. The van der Waals surface area contributed by atoms with Crippen LogP contribution < -0.4 is 5.56 Å². The molecule has 1 aromatic carbocycles. The Hall–Kier alpha value is -3.15. The molecular formula is C23H26N4O2. The van der Waals surface area contributed by atoms with Crippen LogP contribution in [-0.2, 0) is 19.4 Å². The van der Waals surface area contributed by atoms with Gasteiger partial charge in [-0.25, -0.2) is 0 Å². The summed E-state index contributed by atoms with van der Waals surface area (Å²) in [5.74, 6) is -0.172. The maximum atomic E-state index is 13.3. The Morgan fingerprint density at radius 3 is 2.59 bits per heavy atom. The van der Waals surface area contributed by atoms with E-state index >= 15 is 0 Å². The Bertz CT molecular complexity index is 1110. The molecule has 150 valence electrons. The number of aromatic amines is 1. The first kappa shape index (κ1) is 19.2. The van der Waals surface area contributed by atoms with Gasteiger partial charge in [-0.2, -0.15) is 5.10 Å². The van der Waals surface area contributed by atoms with Crippen molar-refractivity contribution >= 4 is 5.91 Å². The van der Waals surface area contributed by atoms with Crippen molar-refractivity contribution in [3.8, 4) is 11.3 Å². The Balaban J connectivity index is 1.62. The number of pyridine rings is 1. The number of fused-ring (bicyclic) bond motifs is 1. The highest BCUT2D eigenvalue weighted by atomic mass is 16.2. The second kappa shape index (κ2) is 7.70. The lowest BCUT2D eigenvalue weighted by atomic mass is 10.0. The first-order valence-corrected chi connectivity index (χ1v) is 10.1. The third kappa shape index (κ3) is 3.39. The normalized spacial score (nSPS) is 13.8. The Labute approximate surface area is 170 Å². The molecule has 4 rings (SSSR count). The molecule has 6 nitrogen and oxygen atoms in total. The number of hydrogen-bond donors (Lipinski definition) is 1. The minimum atomic E-state index is -0.190. The molecule has 0 saturated heterocycles. The Kier molecular flexibility index (Phi) is 5.09. The highest BCUT2D eigenvalue weighted by Gasteiger charge is 2.26. The van der Waals surface area contributed by atoms with Crippen LogP contribution in [0.2, 0.25) is 0 Å². The Morgan fingerprint density at radius 2 is 1.86 bits per heavy atom. The molecular weight excluding hydrogens is 364 g/mol. The standard InChI is InChI=1S/C23H26N4O2/c1-4-27-16(3)14-15(2)20(23(27)29)22(28)26-12-10-18-19(11-13-26)24-25-21(18)17-8-6-5-7-9-17/h5-9,14H,4,10-13H2,1-3H3,(H,24,25). The van der Waals surface area contributed by atoms with Gasteiger partial charge in [-0.3, -0.25) is 14.7 Å². The summed E-state index contributed by atoms with van der Waals surface area (Å²) in [6, 6.07) is 12.0. The molecule has 1 aliphatic heterocycles. The van der Waals surface area contributed by atoms with Gasteiger partial charge in [0.15, 0.2) is 0 Å². The molecule has 0 unspecified atom stereocenters. The summed E-state index contributed by atoms with van der Waals surface area (Å²) in [4.78, 5) is 28.0. The van der Waals surface area contributed by atoms with Crippen molar-refractivity contribution in [1.82, 2.24) is 19.7 Å². The average Bonchev–Trinajstić information content (AvgIpc) is 2.99. The molecule has 2 aromatic heterocycles. The molecule has 6 heteroatoms. The van der Waals surface area contributed by atoms with Gasteiger partial charge < -0.3 is 9.47 Å². The van der Waals surface area contributed by atoms with Crippen molar-refractivity contribution in [1.29, 1.82) is 0 Å². The molecule has 0 spiro atoms. The van der Waals surface area contributed by atoms with E-state index in [0.29, 0.717) is 38.0 Å². The molecule has 0 atom stereocenters. The largest absolute Gasteiger partial charge is 0.338 e. The summed E-state index contributed by atoms with van der Waals surface area (Å²) >= 11 is 0. The molecule has 1 N–H and O–H groups in total. The van der Waals surface area contributed by atoms with Gasteiger partial charge in [0.25, 0.3) is 11.5 Å². The summed E-state index contributed by atoms with van der Waals surface area (Å²) in [5, 5.41) is 7.68. The number of carbonyl (C=O) groups excluding carboxylic acids is 1. The monoisotopic (exact) mass is 390 g/mol. The molecule has 0 bridgehead atoms. The maximum Gasteiger partial charge on any atom is 0.263 e. The first-order chi connectivity index (χ1) is 14.0. The van der Waals surface area contributed by atoms with E-state index in [-0.39, 0.29) is 11.5 Å². The van der Waals surface area contributed by atoms with Crippen LogP contribution >= 0.6 is 0 Å². The van der Waals surface area contributed by atoms with Crippen LogP contribution in [0.4, 0.5) is 0 Å². The number of hydrogen-bond acceptors (Lipinski definition) is 3. The molecule has 0 saturated carbocycles. The molecule has 3 heterocycles. The molecule has 3 aromatic rings. The van der Waals surface area contributed by atoms with E-state index in [1.54, 1.807) is 4.57 Å². The zero-order valence-electron chi connectivity index (χ0n) is 17.2. The zero-order valence-corrected chi connectivity index (χ0v) is 17.2. The maximum absolute atomic E-state index is 13.3. The van der Waals surface area contributed by atoms with Gasteiger partial charge in [0, 0.05) is 48.6 Å². The van der Waals surface area contributed by atoms with Crippen LogP contribution in [-0.4, -0.2) is 38.7 Å². The summed E-state index contributed by atoms with van der Waals surface area (Å²) in [6.45, 7) is 7.38. The summed E-state index contributed by atoms with van der Waals surface area (Å²) < 4.78 is 1.66. The average molecular weight is 390 g/mol. The Morgan fingerprint density at radius 1 is 1.14 bits per heavy atom. The van der Waals surface area contributed by atoms with Crippen LogP contribution in [0.15, 0.2) is 41.2 Å². The number of aryl methyl sites for hydroxylation is 2. The van der Waals surface area contributed by atoms with Crippen molar-refractivity contribution in [2.75, 3.05) is 13.1 Å². The number of amides is 1. The molecule has 0 aliphatic carbocycles. The number of benzene rings is 1. The van der Waals surface area contributed by atoms with Crippen molar-refractivity contribution in [3.05, 3.63) is 74.8 Å². The minimum absolute atomic E-state index is 0.172. The van der Waals surface area contributed by atoms with Crippen LogP contribution in [0, 0.1) is 13.8 Å². The predicted molar refractivity (Wildman–Crippen MR) is 113 cm³/mol. The lowest BCUT2D eigenvalue weighted by Gasteiger charge is -2.22. The smallest absolute Gasteiger partial charge is 0.263 e. The SMILES string of the molecule is CCn1c(C)cc(C)c(C(=O)N2CCc3[nH]nc(-c4ccccc4)c3CC2)c1=O. The molecule has 0 radical (unpaired) electrons. The highest BCUT2D eigenvalue weighted by molar-refractivity contribution is 5.95. The van der Waals surface area contributed by atoms with Crippen molar-refractivity contribution < 1.29 is 4.79 Å². The van der Waals surface area contributed by atoms with Crippen molar-refractivity contribution in [3.63, 3.8) is 0 Å². The fourth-order valence-electron chi connectivity index (χ4n) is 4.26. The van der Waals surface area contributed by atoms with E-state index in [4.69, 9.17) is 0 Å². The first-order valence-electron chi connectivity index (χ1n) is 10.1. The second-order valence-electron chi connectivity index (χ2n) is 7.58. The van der Waals surface area contributed by atoms with Gasteiger partial charge in [0.05, 0.1) is 5.69 Å². The number of nitrogens with one attached hydrogen (secondary N) is 1. The third-order valence-electron chi connectivity index (χ3n) is 5.79. The van der Waals surface area contributed by atoms with Gasteiger partial charge >= 0.3 is 0 Å². The summed E-state index contributed by atoms with van der Waals surface area (Å²) in [5.41, 5.74) is 6.00. The van der Waals surface area contributed by atoms with E-state index < -0.39 is 0 Å². The zero-order chi connectivity index (χ0) is 20.5. The van der Waals surface area contributed by atoms with E-state index in [0.717, 1.165) is 33.8 Å². The molecule has 0 fully saturated rings. The van der Waals surface area contributed by atoms with Crippen LogP contribution in [0.25, 0.3) is 11.3 Å². The predicted octanol–water partition coefficient (Wildman–Crippen LogP) is 3.12. The van der Waals surface area contributed by atoms with E-state index in [1.165, 1.54) is 0 Å². The summed E-state index contributed by atoms with van der Waals surface area (Å²) in [7, 11) is 0. The second-order valence-corrected chi connectivity index (χ2v) is 7.58. The van der Waals surface area contributed by atoms with E-state index in [2.05, 4.69) is 10.2 Å². The fraction of sp³-hybridized carbons (Fsp3) is 0.348. The van der Waals surface area contributed by atoms with Crippen molar-refractivity contribution in [2.24, 2.45) is 0 Å². The molecule has 1 aliphatic rings. The lowest BCUT2D eigenvalue weighted by molar-refractivity contribution is 0.0759. The molecule has 1 amide bonds. The van der Waals surface area contributed by atoms with Gasteiger partial charge in [-0.1, -0.05) is 30.3 Å². The fourth-order valence-corrected chi connectivity index (χ4v) is 4.26. The quantitative estimate of drug-likeness (QED) is 0.747. The number of rotatable bonds is 3. The number of aromatic nitrogens is 3.